The van der Waals surface area contributed by atoms with E-state index in [0.717, 1.165) is 21.8 Å². The highest BCUT2D eigenvalue weighted by Crippen LogP contribution is 2.39. The number of aromatic nitrogens is 1. The molecule has 2 aromatic rings. The minimum atomic E-state index is -0.481. The lowest BCUT2D eigenvalue weighted by molar-refractivity contribution is -0.109. The van der Waals surface area contributed by atoms with Crippen LogP contribution in [0.15, 0.2) is 42.1 Å². The molecule has 1 aromatic heterocycles. The highest BCUT2D eigenvalue weighted by molar-refractivity contribution is 8.13. The molecular weight excluding hydrogens is 345 g/mol. The summed E-state index contributed by atoms with van der Waals surface area (Å²) in [5, 5.41) is 2.27. The van der Waals surface area contributed by atoms with E-state index in [1.54, 1.807) is 6.92 Å². The average molecular weight is 369 g/mol. The maximum atomic E-state index is 11.5. The van der Waals surface area contributed by atoms with Crippen molar-refractivity contribution in [1.82, 2.24) is 4.98 Å². The fourth-order valence-electron chi connectivity index (χ4n) is 2.81. The predicted molar refractivity (Wildman–Crippen MR) is 109 cm³/mol. The monoisotopic (exact) mass is 369 g/mol. The number of fused-ring (bicyclic) bond motifs is 1. The lowest BCUT2D eigenvalue weighted by atomic mass is 9.78. The molecule has 1 aromatic carbocycles. The molecule has 0 radical (unpaired) electrons. The number of nitrogens with zero attached hydrogens (tertiary/aromatic N) is 1. The van der Waals surface area contributed by atoms with Crippen LogP contribution in [-0.4, -0.2) is 34.2 Å². The second-order valence-electron chi connectivity index (χ2n) is 7.54. The highest BCUT2D eigenvalue weighted by atomic mass is 32.2. The van der Waals surface area contributed by atoms with Crippen LogP contribution in [0.3, 0.4) is 0 Å². The molecule has 1 aliphatic rings. The zero-order valence-corrected chi connectivity index (χ0v) is 16.7. The second-order valence-corrected chi connectivity index (χ2v) is 8.69. The molecule has 0 amide bonds. The molecule has 0 saturated carbocycles. The van der Waals surface area contributed by atoms with Gasteiger partial charge in [0, 0.05) is 30.5 Å². The molecule has 2 heterocycles. The summed E-state index contributed by atoms with van der Waals surface area (Å²) in [5.41, 5.74) is 1.09. The van der Waals surface area contributed by atoms with E-state index >= 15 is 0 Å². The van der Waals surface area contributed by atoms with Crippen LogP contribution in [0.1, 0.15) is 40.2 Å². The standard InChI is InChI=1S/C20H24BNO3S/c1-14(23)26-13-17(21-24-19(2,3)20(4,5)25-21)10-16-12-22-11-15-8-6-7-9-18(15)16/h6-12H,13H2,1-5H3. The highest BCUT2D eigenvalue weighted by Gasteiger charge is 2.52. The molecule has 0 N–H and O–H groups in total. The van der Waals surface area contributed by atoms with Crippen molar-refractivity contribution in [2.75, 3.05) is 5.75 Å². The summed E-state index contributed by atoms with van der Waals surface area (Å²) in [7, 11) is -0.481. The molecule has 1 fully saturated rings. The fourth-order valence-corrected chi connectivity index (χ4v) is 3.40. The summed E-state index contributed by atoms with van der Waals surface area (Å²) in [6.07, 6.45) is 5.74. The Bertz CT molecular complexity index is 842. The first-order chi connectivity index (χ1) is 12.2. The van der Waals surface area contributed by atoms with Crippen LogP contribution in [0.2, 0.25) is 0 Å². The van der Waals surface area contributed by atoms with E-state index in [0.29, 0.717) is 5.75 Å². The Morgan fingerprint density at radius 2 is 1.81 bits per heavy atom. The van der Waals surface area contributed by atoms with Gasteiger partial charge in [-0.1, -0.05) is 42.1 Å². The molecule has 26 heavy (non-hydrogen) atoms. The van der Waals surface area contributed by atoms with Crippen molar-refractivity contribution < 1.29 is 14.1 Å². The van der Waals surface area contributed by atoms with E-state index in [9.17, 15) is 4.79 Å². The van der Waals surface area contributed by atoms with Crippen LogP contribution in [0, 0.1) is 0 Å². The molecule has 0 spiro atoms. The SMILES string of the molecule is CC(=O)SCC(=Cc1cncc2ccccc12)B1OC(C)(C)C(C)(C)O1. The molecule has 1 saturated heterocycles. The lowest BCUT2D eigenvalue weighted by Gasteiger charge is -2.32. The third-order valence-electron chi connectivity index (χ3n) is 5.04. The minimum absolute atomic E-state index is 0.0727. The number of hydrogen-bond acceptors (Lipinski definition) is 5. The first kappa shape index (κ1) is 19.1. The van der Waals surface area contributed by atoms with Crippen molar-refractivity contribution in [2.45, 2.75) is 45.8 Å². The van der Waals surface area contributed by atoms with Crippen LogP contribution in [0.5, 0.6) is 0 Å². The van der Waals surface area contributed by atoms with Crippen LogP contribution in [-0.2, 0) is 14.1 Å². The molecule has 136 valence electrons. The van der Waals surface area contributed by atoms with E-state index in [-0.39, 0.29) is 5.12 Å². The summed E-state index contributed by atoms with van der Waals surface area (Å²) in [5.74, 6) is 0.523. The number of benzene rings is 1. The van der Waals surface area contributed by atoms with Crippen LogP contribution in [0.25, 0.3) is 16.8 Å². The summed E-state index contributed by atoms with van der Waals surface area (Å²) in [6, 6.07) is 8.12. The van der Waals surface area contributed by atoms with E-state index < -0.39 is 18.3 Å². The molecule has 0 aliphatic carbocycles. The van der Waals surface area contributed by atoms with Gasteiger partial charge in [0.2, 0.25) is 0 Å². The predicted octanol–water partition coefficient (Wildman–Crippen LogP) is 4.53. The Labute approximate surface area is 159 Å². The molecule has 1 aliphatic heterocycles. The molecular formula is C20H24BNO3S. The number of thioether (sulfide) groups is 1. The number of carbonyl (C=O) groups is 1. The van der Waals surface area contributed by atoms with Gasteiger partial charge in [0.1, 0.15) is 0 Å². The lowest BCUT2D eigenvalue weighted by Crippen LogP contribution is -2.41. The number of carbonyl (C=O) groups excluding carboxylic acids is 1. The third-order valence-corrected chi connectivity index (χ3v) is 5.92. The van der Waals surface area contributed by atoms with Gasteiger partial charge in [-0.15, -0.1) is 0 Å². The Balaban J connectivity index is 2.01. The van der Waals surface area contributed by atoms with Crippen molar-refractivity contribution in [3.05, 3.63) is 47.7 Å². The van der Waals surface area contributed by atoms with Gasteiger partial charge in [0.15, 0.2) is 5.12 Å². The number of pyridine rings is 1. The smallest absolute Gasteiger partial charge is 0.400 e. The van der Waals surface area contributed by atoms with Crippen LogP contribution in [0.4, 0.5) is 0 Å². The zero-order chi connectivity index (χ0) is 18.9. The van der Waals surface area contributed by atoms with Crippen molar-refractivity contribution in [1.29, 1.82) is 0 Å². The first-order valence-corrected chi connectivity index (χ1v) is 9.70. The summed E-state index contributed by atoms with van der Waals surface area (Å²) in [6.45, 7) is 9.70. The van der Waals surface area contributed by atoms with Gasteiger partial charge in [-0.3, -0.25) is 9.78 Å². The van der Waals surface area contributed by atoms with E-state index in [2.05, 4.69) is 11.1 Å². The first-order valence-electron chi connectivity index (χ1n) is 8.72. The molecule has 3 rings (SSSR count). The Kier molecular flexibility index (Phi) is 5.29. The summed E-state index contributed by atoms with van der Waals surface area (Å²) >= 11 is 1.26. The van der Waals surface area contributed by atoms with Crippen molar-refractivity contribution in [3.8, 4) is 0 Å². The van der Waals surface area contributed by atoms with Gasteiger partial charge in [0.05, 0.1) is 11.2 Å². The quantitative estimate of drug-likeness (QED) is 0.741. The maximum absolute atomic E-state index is 11.5. The largest absolute Gasteiger partial charge is 0.491 e. The Morgan fingerprint density at radius 1 is 1.15 bits per heavy atom. The average Bonchev–Trinajstić information content (AvgIpc) is 2.79. The normalized spacial score (nSPS) is 19.1. The number of hydrogen-bond donors (Lipinski definition) is 0. The molecule has 0 bridgehead atoms. The summed E-state index contributed by atoms with van der Waals surface area (Å²) in [4.78, 5) is 15.9. The summed E-state index contributed by atoms with van der Waals surface area (Å²) < 4.78 is 12.4. The van der Waals surface area contributed by atoms with Crippen LogP contribution < -0.4 is 0 Å². The van der Waals surface area contributed by atoms with Crippen LogP contribution >= 0.6 is 11.8 Å². The molecule has 4 nitrogen and oxygen atoms in total. The van der Waals surface area contributed by atoms with E-state index in [1.807, 2.05) is 64.4 Å². The minimum Gasteiger partial charge on any atom is -0.400 e. The second kappa shape index (κ2) is 7.18. The van der Waals surface area contributed by atoms with E-state index in [4.69, 9.17) is 9.31 Å². The maximum Gasteiger partial charge on any atom is 0.491 e. The Hall–Kier alpha value is -1.63. The molecule has 0 unspecified atom stereocenters. The Morgan fingerprint density at radius 3 is 2.46 bits per heavy atom. The third kappa shape index (κ3) is 3.87. The van der Waals surface area contributed by atoms with Gasteiger partial charge in [-0.05, 0) is 44.1 Å². The van der Waals surface area contributed by atoms with Crippen molar-refractivity contribution in [3.63, 3.8) is 0 Å². The zero-order valence-electron chi connectivity index (χ0n) is 15.9. The van der Waals surface area contributed by atoms with Gasteiger partial charge >= 0.3 is 7.12 Å². The number of rotatable bonds is 4. The van der Waals surface area contributed by atoms with Gasteiger partial charge in [-0.2, -0.15) is 0 Å². The topological polar surface area (TPSA) is 48.4 Å². The fraction of sp³-hybridized carbons (Fsp3) is 0.400. The molecule has 0 atom stereocenters. The van der Waals surface area contributed by atoms with Gasteiger partial charge < -0.3 is 9.31 Å². The molecule has 6 heteroatoms. The van der Waals surface area contributed by atoms with Gasteiger partial charge in [0.25, 0.3) is 0 Å². The van der Waals surface area contributed by atoms with Gasteiger partial charge in [-0.25, -0.2) is 0 Å². The van der Waals surface area contributed by atoms with E-state index in [1.165, 1.54) is 11.8 Å². The van der Waals surface area contributed by atoms with Crippen molar-refractivity contribution >= 4 is 40.8 Å². The van der Waals surface area contributed by atoms with Crippen molar-refractivity contribution in [2.24, 2.45) is 0 Å².